The van der Waals surface area contributed by atoms with Crippen molar-refractivity contribution in [3.63, 3.8) is 0 Å². The Hall–Kier alpha value is 0.0700. The van der Waals surface area contributed by atoms with Crippen LogP contribution in [0.5, 0.6) is 0 Å². The number of halogens is 3. The van der Waals surface area contributed by atoms with Crippen molar-refractivity contribution in [2.24, 2.45) is 11.8 Å². The lowest BCUT2D eigenvalue weighted by Gasteiger charge is -2.30. The van der Waals surface area contributed by atoms with Gasteiger partial charge in [-0.2, -0.15) is 8.78 Å². The summed E-state index contributed by atoms with van der Waals surface area (Å²) in [6.45, 7) is 0. The first-order chi connectivity index (χ1) is 5.54. The first kappa shape index (κ1) is 10.2. The second-order valence-corrected chi connectivity index (χ2v) is 3.80. The van der Waals surface area contributed by atoms with Crippen LogP contribution in [-0.4, -0.2) is 11.4 Å². The van der Waals surface area contributed by atoms with Crippen molar-refractivity contribution >= 4 is 11.6 Å². The van der Waals surface area contributed by atoms with E-state index in [1.807, 2.05) is 0 Å². The molecule has 0 aliphatic heterocycles. The predicted molar refractivity (Wildman–Crippen MR) is 43.9 cm³/mol. The molecule has 12 heavy (non-hydrogen) atoms. The Kier molecular flexibility index (Phi) is 3.26. The van der Waals surface area contributed by atoms with Gasteiger partial charge in [0.1, 0.15) is 0 Å². The fraction of sp³-hybridized carbons (Fsp3) is 1.00. The van der Waals surface area contributed by atoms with Crippen molar-refractivity contribution in [2.45, 2.75) is 37.1 Å². The molecule has 2 nitrogen and oxygen atoms in total. The Morgan fingerprint density at radius 3 is 2.42 bits per heavy atom. The van der Waals surface area contributed by atoms with Gasteiger partial charge in [0.05, 0.1) is 6.04 Å². The lowest BCUT2D eigenvalue weighted by molar-refractivity contribution is 0.0334. The normalized spacial score (nSPS) is 22.0. The van der Waals surface area contributed by atoms with E-state index in [4.69, 9.17) is 17.4 Å². The molecule has 0 saturated heterocycles. The summed E-state index contributed by atoms with van der Waals surface area (Å²) in [5.41, 5.74) is 2.06. The van der Waals surface area contributed by atoms with Crippen LogP contribution in [0.4, 0.5) is 8.78 Å². The number of alkyl halides is 3. The highest BCUT2D eigenvalue weighted by atomic mass is 35.5. The van der Waals surface area contributed by atoms with Crippen LogP contribution in [0.1, 0.15) is 25.7 Å². The number of hydrogen-bond donors (Lipinski definition) is 2. The Bertz CT molecular complexity index is 145. The third kappa shape index (κ3) is 2.54. The van der Waals surface area contributed by atoms with Crippen LogP contribution in [0, 0.1) is 5.92 Å². The van der Waals surface area contributed by atoms with Crippen LogP contribution in [0.2, 0.25) is 0 Å². The standard InChI is InChI=1S/C7H13ClF2N2/c8-7(9,10)6(12-11)4-5-2-1-3-5/h5-6,12H,1-4,11H2. The molecular weight excluding hydrogens is 186 g/mol. The van der Waals surface area contributed by atoms with Gasteiger partial charge in [0.2, 0.25) is 0 Å². The number of hydrazine groups is 1. The molecule has 0 spiro atoms. The Labute approximate surface area is 75.4 Å². The van der Waals surface area contributed by atoms with E-state index in [0.717, 1.165) is 19.3 Å². The minimum atomic E-state index is -3.23. The largest absolute Gasteiger partial charge is 0.338 e. The molecule has 0 aromatic heterocycles. The van der Waals surface area contributed by atoms with Gasteiger partial charge in [-0.3, -0.25) is 5.84 Å². The fourth-order valence-electron chi connectivity index (χ4n) is 1.36. The first-order valence-electron chi connectivity index (χ1n) is 4.07. The zero-order valence-corrected chi connectivity index (χ0v) is 7.45. The summed E-state index contributed by atoms with van der Waals surface area (Å²) in [6, 6.07) is -1.09. The van der Waals surface area contributed by atoms with Crippen molar-refractivity contribution in [1.82, 2.24) is 5.43 Å². The van der Waals surface area contributed by atoms with Gasteiger partial charge < -0.3 is 0 Å². The molecule has 0 heterocycles. The lowest BCUT2D eigenvalue weighted by Crippen LogP contribution is -2.47. The van der Waals surface area contributed by atoms with Gasteiger partial charge in [-0.05, 0) is 23.9 Å². The molecule has 0 radical (unpaired) electrons. The molecule has 1 atom stereocenters. The van der Waals surface area contributed by atoms with Gasteiger partial charge in [-0.15, -0.1) is 0 Å². The highest BCUT2D eigenvalue weighted by Gasteiger charge is 2.38. The van der Waals surface area contributed by atoms with Crippen LogP contribution < -0.4 is 11.3 Å². The zero-order chi connectivity index (χ0) is 9.19. The van der Waals surface area contributed by atoms with Crippen molar-refractivity contribution in [2.75, 3.05) is 0 Å². The summed E-state index contributed by atoms with van der Waals surface area (Å²) in [7, 11) is 0. The quantitative estimate of drug-likeness (QED) is 0.411. The molecule has 5 heteroatoms. The van der Waals surface area contributed by atoms with Crippen molar-refractivity contribution < 1.29 is 8.78 Å². The van der Waals surface area contributed by atoms with E-state index in [1.54, 1.807) is 0 Å². The van der Waals surface area contributed by atoms with E-state index < -0.39 is 11.4 Å². The molecule has 0 amide bonds. The average molecular weight is 199 g/mol. The average Bonchev–Trinajstić information content (AvgIpc) is 1.82. The van der Waals surface area contributed by atoms with Gasteiger partial charge in [0.25, 0.3) is 0 Å². The Balaban J connectivity index is 2.34. The second kappa shape index (κ2) is 3.85. The molecule has 0 aromatic carbocycles. The second-order valence-electron chi connectivity index (χ2n) is 3.29. The number of nitrogens with two attached hydrogens (primary N) is 1. The molecule has 0 bridgehead atoms. The van der Waals surface area contributed by atoms with Gasteiger partial charge in [-0.25, -0.2) is 5.43 Å². The van der Waals surface area contributed by atoms with Crippen LogP contribution in [0.3, 0.4) is 0 Å². The summed E-state index contributed by atoms with van der Waals surface area (Å²) in [6.07, 6.45) is 3.54. The van der Waals surface area contributed by atoms with Crippen LogP contribution in [0.25, 0.3) is 0 Å². The van der Waals surface area contributed by atoms with Gasteiger partial charge >= 0.3 is 5.38 Å². The maximum absolute atomic E-state index is 12.5. The molecule has 1 rings (SSSR count). The summed E-state index contributed by atoms with van der Waals surface area (Å²) >= 11 is 4.85. The molecule has 1 saturated carbocycles. The van der Waals surface area contributed by atoms with E-state index in [9.17, 15) is 8.78 Å². The van der Waals surface area contributed by atoms with Gasteiger partial charge in [-0.1, -0.05) is 19.3 Å². The smallest absolute Gasteiger partial charge is 0.271 e. The van der Waals surface area contributed by atoms with Gasteiger partial charge in [0.15, 0.2) is 0 Å². The molecule has 1 fully saturated rings. The topological polar surface area (TPSA) is 38.0 Å². The Morgan fingerprint density at radius 1 is 1.58 bits per heavy atom. The molecular formula is C7H13ClF2N2. The van der Waals surface area contributed by atoms with Gasteiger partial charge in [0, 0.05) is 0 Å². The first-order valence-corrected chi connectivity index (χ1v) is 4.44. The summed E-state index contributed by atoms with van der Waals surface area (Å²) in [5, 5.41) is -3.23. The number of hydrogen-bond acceptors (Lipinski definition) is 2. The molecule has 3 N–H and O–H groups in total. The SMILES string of the molecule is NNC(CC1CCC1)C(F)(F)Cl. The highest BCUT2D eigenvalue weighted by Crippen LogP contribution is 2.35. The lowest BCUT2D eigenvalue weighted by atomic mass is 9.81. The van der Waals surface area contributed by atoms with Crippen LogP contribution in [0.15, 0.2) is 0 Å². The number of nitrogens with one attached hydrogen (secondary N) is 1. The third-order valence-corrected chi connectivity index (χ3v) is 2.65. The third-order valence-electron chi connectivity index (χ3n) is 2.39. The zero-order valence-electron chi connectivity index (χ0n) is 6.69. The van der Waals surface area contributed by atoms with E-state index in [1.165, 1.54) is 0 Å². The molecule has 1 aliphatic rings. The number of rotatable bonds is 4. The van der Waals surface area contributed by atoms with Crippen molar-refractivity contribution in [3.05, 3.63) is 0 Å². The maximum atomic E-state index is 12.5. The molecule has 1 aliphatic carbocycles. The van der Waals surface area contributed by atoms with Crippen LogP contribution >= 0.6 is 11.6 Å². The monoisotopic (exact) mass is 198 g/mol. The van der Waals surface area contributed by atoms with E-state index in [-0.39, 0.29) is 0 Å². The molecule has 0 aromatic rings. The molecule has 72 valence electrons. The molecule has 1 unspecified atom stereocenters. The summed E-state index contributed by atoms with van der Waals surface area (Å²) in [4.78, 5) is 0. The van der Waals surface area contributed by atoms with Crippen molar-refractivity contribution in [3.8, 4) is 0 Å². The van der Waals surface area contributed by atoms with E-state index in [0.29, 0.717) is 12.3 Å². The Morgan fingerprint density at radius 2 is 2.17 bits per heavy atom. The predicted octanol–water partition coefficient (Wildman–Crippen LogP) is 1.84. The highest BCUT2D eigenvalue weighted by molar-refractivity contribution is 6.22. The van der Waals surface area contributed by atoms with E-state index >= 15 is 0 Å². The van der Waals surface area contributed by atoms with E-state index in [2.05, 4.69) is 5.43 Å². The minimum Gasteiger partial charge on any atom is -0.271 e. The summed E-state index contributed by atoms with van der Waals surface area (Å²) in [5.74, 6) is 5.34. The summed E-state index contributed by atoms with van der Waals surface area (Å²) < 4.78 is 25.1. The van der Waals surface area contributed by atoms with Crippen LogP contribution in [-0.2, 0) is 0 Å². The minimum absolute atomic E-state index is 0.368. The van der Waals surface area contributed by atoms with Crippen molar-refractivity contribution in [1.29, 1.82) is 0 Å². The maximum Gasteiger partial charge on any atom is 0.338 e. The fourth-order valence-corrected chi connectivity index (χ4v) is 1.51.